The first-order valence-corrected chi connectivity index (χ1v) is 7.37. The summed E-state index contributed by atoms with van der Waals surface area (Å²) in [6, 6.07) is 0. The van der Waals surface area contributed by atoms with Gasteiger partial charge in [-0.2, -0.15) is 7.82 Å². The third-order valence-electron chi connectivity index (χ3n) is 0.862. The van der Waals surface area contributed by atoms with Gasteiger partial charge in [0.25, 0.3) is 0 Å². The number of phosphoric acid groups is 2. The van der Waals surface area contributed by atoms with Crippen molar-refractivity contribution in [2.24, 2.45) is 0 Å². The van der Waals surface area contributed by atoms with Crippen LogP contribution in [0.1, 0.15) is 20.8 Å². The Hall–Kier alpha value is 0.752. The summed E-state index contributed by atoms with van der Waals surface area (Å²) in [5, 5.41) is 0. The molecule has 100 valence electrons. The number of hydrogen-bond donors (Lipinski definition) is 0. The summed E-state index contributed by atoms with van der Waals surface area (Å²) in [6.07, 6.45) is 0. The molecule has 11 heteroatoms. The van der Waals surface area contributed by atoms with Crippen molar-refractivity contribution in [1.29, 1.82) is 0 Å². The summed E-state index contributed by atoms with van der Waals surface area (Å²) in [4.78, 5) is 25.6. The van der Waals surface area contributed by atoms with E-state index in [0.717, 1.165) is 0 Å². The van der Waals surface area contributed by atoms with Crippen molar-refractivity contribution in [2.75, 3.05) is 19.8 Å². The van der Waals surface area contributed by atoms with Crippen molar-refractivity contribution in [2.45, 2.75) is 20.8 Å². The normalized spacial score (nSPS) is 11.2. The number of hydrogen-bond acceptors (Lipinski definition) is 8. The molecule has 0 aliphatic carbocycles. The van der Waals surface area contributed by atoms with Crippen LogP contribution in [0.25, 0.3) is 0 Å². The molecular formula is C6H15AlO8P2. The summed E-state index contributed by atoms with van der Waals surface area (Å²) in [5.41, 5.74) is 0. The molecule has 17 heavy (non-hydrogen) atoms. The molecular weight excluding hydrogens is 289 g/mol. The Morgan fingerprint density at radius 2 is 1.00 bits per heavy atom. The molecule has 0 spiro atoms. The van der Waals surface area contributed by atoms with E-state index in [-0.39, 0.29) is 17.4 Å². The van der Waals surface area contributed by atoms with Gasteiger partial charge < -0.3 is 19.2 Å². The molecule has 0 atom stereocenters. The van der Waals surface area contributed by atoms with Crippen LogP contribution in [0, 0.1) is 0 Å². The van der Waals surface area contributed by atoms with E-state index in [1.54, 1.807) is 20.8 Å². The quantitative estimate of drug-likeness (QED) is 0.451. The minimum absolute atomic E-state index is 0. The average molecular weight is 304 g/mol. The Bertz CT molecular complexity index is 222. The average Bonchev–Trinajstić information content (AvgIpc) is 2.01. The first kappa shape index (κ1) is 22.9. The van der Waals surface area contributed by atoms with Gasteiger partial charge in [-0.1, -0.05) is 0 Å². The summed E-state index contributed by atoms with van der Waals surface area (Å²) in [7, 11) is -8.61. The smallest absolute Gasteiger partial charge is 0.822 e. The molecule has 0 aliphatic heterocycles. The third kappa shape index (κ3) is 22.4. The van der Waals surface area contributed by atoms with Crippen LogP contribution in [-0.2, 0) is 22.7 Å². The van der Waals surface area contributed by atoms with Crippen LogP contribution < -0.4 is 14.7 Å². The second-order valence-electron chi connectivity index (χ2n) is 2.15. The van der Waals surface area contributed by atoms with Gasteiger partial charge in [0, 0.05) is 0 Å². The molecule has 0 N–H and O–H groups in total. The van der Waals surface area contributed by atoms with Crippen LogP contribution in [0.5, 0.6) is 0 Å². The Balaban J connectivity index is -0.000000280. The number of rotatable bonds is 6. The van der Waals surface area contributed by atoms with Crippen molar-refractivity contribution < 1.29 is 37.4 Å². The summed E-state index contributed by atoms with van der Waals surface area (Å²) >= 11 is 0. The largest absolute Gasteiger partial charge is 3.00 e. The minimum Gasteiger partial charge on any atom is -0.822 e. The van der Waals surface area contributed by atoms with E-state index in [1.165, 1.54) is 0 Å². The monoisotopic (exact) mass is 304 g/mol. The molecule has 0 saturated carbocycles. The second-order valence-corrected chi connectivity index (χ2v) is 4.71. The molecule has 0 bridgehead atoms. The molecule has 0 rings (SSSR count). The third-order valence-corrected chi connectivity index (χ3v) is 2.58. The first-order valence-electron chi connectivity index (χ1n) is 4.45. The van der Waals surface area contributed by atoms with Crippen LogP contribution in [0.4, 0.5) is 0 Å². The summed E-state index contributed by atoms with van der Waals surface area (Å²) in [5.74, 6) is 0. The fourth-order valence-corrected chi connectivity index (χ4v) is 1.76. The molecule has 0 unspecified atom stereocenters. The van der Waals surface area contributed by atoms with Crippen LogP contribution >= 0.6 is 15.6 Å². The molecule has 0 saturated heterocycles. The Labute approximate surface area is 111 Å². The van der Waals surface area contributed by atoms with Crippen molar-refractivity contribution in [3.8, 4) is 0 Å². The molecule has 0 aromatic rings. The van der Waals surface area contributed by atoms with Crippen molar-refractivity contribution in [3.63, 3.8) is 0 Å². The fourth-order valence-electron chi connectivity index (χ4n) is 0.586. The van der Waals surface area contributed by atoms with Gasteiger partial charge in [-0.05, 0) is 20.8 Å². The van der Waals surface area contributed by atoms with Crippen LogP contribution in [0.15, 0.2) is 0 Å². The molecule has 0 aromatic heterocycles. The van der Waals surface area contributed by atoms with Gasteiger partial charge in [-0.15, -0.1) is 0 Å². The molecule has 0 fully saturated rings. The fraction of sp³-hybridized carbons (Fsp3) is 1.00. The zero-order chi connectivity index (χ0) is 13.2. The maximum atomic E-state index is 11.3. The van der Waals surface area contributed by atoms with E-state index >= 15 is 0 Å². The van der Waals surface area contributed by atoms with Gasteiger partial charge in [0.15, 0.2) is 0 Å². The van der Waals surface area contributed by atoms with E-state index in [4.69, 9.17) is 32.8 Å². The van der Waals surface area contributed by atoms with Crippen molar-refractivity contribution in [1.82, 2.24) is 0 Å². The minimum atomic E-state index is -5.39. The van der Waals surface area contributed by atoms with Gasteiger partial charge >= 0.3 is 25.2 Å². The predicted molar refractivity (Wildman–Crippen MR) is 55.8 cm³/mol. The maximum absolute atomic E-state index is 11.3. The standard InChI is InChI=1S/C6H15O4P.Al.H3O4P/c1-4-8-11(7,9-5-2)10-6-3;;1-5(2,3)4/h4-6H2,1-3H3;;(H3,1,2,3,4)/q;+3;/p-3. The predicted octanol–water partition coefficient (Wildman–Crippen LogP) is -1.00. The first-order chi connectivity index (χ1) is 7.18. The second kappa shape index (κ2) is 11.8. The molecule has 0 aliphatic rings. The van der Waals surface area contributed by atoms with E-state index in [2.05, 4.69) is 0 Å². The van der Waals surface area contributed by atoms with Gasteiger partial charge in [0.05, 0.1) is 19.8 Å². The molecule has 0 heterocycles. The van der Waals surface area contributed by atoms with E-state index in [1.807, 2.05) is 0 Å². The Kier molecular flexibility index (Phi) is 15.9. The summed E-state index contributed by atoms with van der Waals surface area (Å²) in [6.45, 7) is 6.21. The van der Waals surface area contributed by atoms with Crippen molar-refractivity contribution in [3.05, 3.63) is 0 Å². The molecule has 8 nitrogen and oxygen atoms in total. The van der Waals surface area contributed by atoms with Crippen LogP contribution in [-0.4, -0.2) is 37.2 Å². The zero-order valence-electron chi connectivity index (χ0n) is 9.86. The maximum Gasteiger partial charge on any atom is 3.00 e. The number of phosphoric ester groups is 1. The molecule has 0 aromatic carbocycles. The molecule has 0 amide bonds. The van der Waals surface area contributed by atoms with Gasteiger partial charge in [-0.25, -0.2) is 4.57 Å². The zero-order valence-corrected chi connectivity index (χ0v) is 12.8. The van der Waals surface area contributed by atoms with E-state index < -0.39 is 15.6 Å². The van der Waals surface area contributed by atoms with Crippen molar-refractivity contribution >= 4 is 33.0 Å². The van der Waals surface area contributed by atoms with Gasteiger partial charge in [0.1, 0.15) is 0 Å². The summed E-state index contributed by atoms with van der Waals surface area (Å²) < 4.78 is 34.4. The topological polar surface area (TPSA) is 131 Å². The SMILES string of the molecule is CCOP(=O)(OCC)OCC.O=P([O-])([O-])[O-].[Al+3]. The van der Waals surface area contributed by atoms with Crippen LogP contribution in [0.3, 0.4) is 0 Å². The van der Waals surface area contributed by atoms with Gasteiger partial charge in [-0.3, -0.25) is 13.6 Å². The molecule has 0 radical (unpaired) electrons. The van der Waals surface area contributed by atoms with Crippen LogP contribution in [0.2, 0.25) is 0 Å². The Morgan fingerprint density at radius 1 is 0.824 bits per heavy atom. The van der Waals surface area contributed by atoms with Gasteiger partial charge in [0.2, 0.25) is 0 Å². The van der Waals surface area contributed by atoms with E-state index in [0.29, 0.717) is 19.8 Å². The van der Waals surface area contributed by atoms with E-state index in [9.17, 15) is 4.57 Å². The Morgan fingerprint density at radius 3 is 1.12 bits per heavy atom.